The predicted octanol–water partition coefficient (Wildman–Crippen LogP) is 6.34. The van der Waals surface area contributed by atoms with Gasteiger partial charge in [0.25, 0.3) is 0 Å². The highest BCUT2D eigenvalue weighted by Gasteiger charge is 2.14. The maximum atomic E-state index is 6.01. The smallest absolute Gasteiger partial charge is 0.107 e. The van der Waals surface area contributed by atoms with Crippen molar-refractivity contribution in [2.75, 3.05) is 0 Å². The van der Waals surface area contributed by atoms with Crippen LogP contribution in [0.1, 0.15) is 0 Å². The highest BCUT2D eigenvalue weighted by atomic mass is 127. The zero-order valence-corrected chi connectivity index (χ0v) is 17.2. The molecule has 4 aromatic rings. The van der Waals surface area contributed by atoms with Crippen molar-refractivity contribution in [3.8, 4) is 16.9 Å². The molecular formula is C20H13ClIN3S. The minimum absolute atomic E-state index is 0.735. The maximum Gasteiger partial charge on any atom is 0.107 e. The first kappa shape index (κ1) is 17.6. The minimum atomic E-state index is 0.735. The lowest BCUT2D eigenvalue weighted by atomic mass is 10.2. The van der Waals surface area contributed by atoms with E-state index in [2.05, 4.69) is 51.8 Å². The normalized spacial score (nSPS) is 10.8. The van der Waals surface area contributed by atoms with Gasteiger partial charge < -0.3 is 0 Å². The lowest BCUT2D eigenvalue weighted by Gasteiger charge is -2.03. The first-order valence-electron chi connectivity index (χ1n) is 7.88. The Kier molecular flexibility index (Phi) is 5.28. The first-order chi connectivity index (χ1) is 12.7. The molecule has 26 heavy (non-hydrogen) atoms. The number of hydrogen-bond donors (Lipinski definition) is 0. The molecule has 0 radical (unpaired) electrons. The lowest BCUT2D eigenvalue weighted by molar-refractivity contribution is 0.876. The number of pyridine rings is 1. The fourth-order valence-electron chi connectivity index (χ4n) is 2.49. The zero-order chi connectivity index (χ0) is 17.9. The van der Waals surface area contributed by atoms with Crippen LogP contribution >= 0.6 is 46.0 Å². The summed E-state index contributed by atoms with van der Waals surface area (Å²) in [6.45, 7) is 0. The van der Waals surface area contributed by atoms with Gasteiger partial charge in [0.15, 0.2) is 0 Å². The van der Waals surface area contributed by atoms with Crippen LogP contribution in [0.4, 0.5) is 0 Å². The third-order valence-electron chi connectivity index (χ3n) is 3.75. The van der Waals surface area contributed by atoms with Gasteiger partial charge in [0.1, 0.15) is 5.69 Å². The molecule has 4 rings (SSSR count). The van der Waals surface area contributed by atoms with Gasteiger partial charge in [0.05, 0.1) is 16.8 Å². The van der Waals surface area contributed by atoms with E-state index in [1.165, 1.54) is 3.57 Å². The molecule has 0 N–H and O–H groups in total. The second-order valence-electron chi connectivity index (χ2n) is 5.56. The van der Waals surface area contributed by atoms with Crippen LogP contribution in [0.25, 0.3) is 16.9 Å². The molecule has 0 aliphatic heterocycles. The Bertz CT molecular complexity index is 1020. The SMILES string of the molecule is Clc1ccc(Sc2cn(-c3cccnc3)nc2-c2ccc(I)cc2)cc1. The molecule has 128 valence electrons. The van der Waals surface area contributed by atoms with Gasteiger partial charge in [-0.2, -0.15) is 5.10 Å². The van der Waals surface area contributed by atoms with E-state index < -0.39 is 0 Å². The van der Waals surface area contributed by atoms with E-state index in [0.717, 1.165) is 31.8 Å². The quantitative estimate of drug-likeness (QED) is 0.313. The van der Waals surface area contributed by atoms with Crippen molar-refractivity contribution in [3.63, 3.8) is 0 Å². The Morgan fingerprint density at radius 3 is 2.42 bits per heavy atom. The third-order valence-corrected chi connectivity index (χ3v) is 5.75. The van der Waals surface area contributed by atoms with Gasteiger partial charge >= 0.3 is 0 Å². The number of aromatic nitrogens is 3. The molecule has 0 aliphatic rings. The largest absolute Gasteiger partial charge is 0.262 e. The summed E-state index contributed by atoms with van der Waals surface area (Å²) in [7, 11) is 0. The predicted molar refractivity (Wildman–Crippen MR) is 115 cm³/mol. The number of nitrogens with zero attached hydrogens (tertiary/aromatic N) is 3. The van der Waals surface area contributed by atoms with Gasteiger partial charge in [-0.3, -0.25) is 4.98 Å². The molecular weight excluding hydrogens is 477 g/mol. The Labute approximate surface area is 174 Å². The van der Waals surface area contributed by atoms with E-state index in [0.29, 0.717) is 0 Å². The number of rotatable bonds is 4. The van der Waals surface area contributed by atoms with E-state index in [1.807, 2.05) is 47.3 Å². The van der Waals surface area contributed by atoms with Crippen molar-refractivity contribution in [3.05, 3.63) is 87.8 Å². The topological polar surface area (TPSA) is 30.7 Å². The average Bonchev–Trinajstić information content (AvgIpc) is 3.09. The summed E-state index contributed by atoms with van der Waals surface area (Å²) in [5.41, 5.74) is 2.97. The summed E-state index contributed by atoms with van der Waals surface area (Å²) >= 11 is 9.99. The average molecular weight is 490 g/mol. The molecule has 0 unspecified atom stereocenters. The van der Waals surface area contributed by atoms with Crippen molar-refractivity contribution < 1.29 is 0 Å². The highest BCUT2D eigenvalue weighted by molar-refractivity contribution is 14.1. The number of benzene rings is 2. The van der Waals surface area contributed by atoms with Gasteiger partial charge in [-0.1, -0.05) is 35.5 Å². The second kappa shape index (κ2) is 7.82. The van der Waals surface area contributed by atoms with Crippen LogP contribution in [0.2, 0.25) is 5.02 Å². The minimum Gasteiger partial charge on any atom is -0.262 e. The van der Waals surface area contributed by atoms with E-state index in [9.17, 15) is 0 Å². The maximum absolute atomic E-state index is 6.01. The van der Waals surface area contributed by atoms with Gasteiger partial charge in [-0.15, -0.1) is 0 Å². The number of halogens is 2. The Hall–Kier alpha value is -1.83. The molecule has 0 spiro atoms. The molecule has 0 saturated carbocycles. The van der Waals surface area contributed by atoms with Gasteiger partial charge in [0, 0.05) is 31.4 Å². The van der Waals surface area contributed by atoms with E-state index in [-0.39, 0.29) is 0 Å². The molecule has 2 aromatic carbocycles. The Morgan fingerprint density at radius 2 is 1.73 bits per heavy atom. The summed E-state index contributed by atoms with van der Waals surface area (Å²) in [5.74, 6) is 0. The summed E-state index contributed by atoms with van der Waals surface area (Å²) in [6.07, 6.45) is 5.61. The van der Waals surface area contributed by atoms with Crippen LogP contribution in [0, 0.1) is 3.57 Å². The van der Waals surface area contributed by atoms with Gasteiger partial charge in [0.2, 0.25) is 0 Å². The van der Waals surface area contributed by atoms with Crippen molar-refractivity contribution >= 4 is 46.0 Å². The highest BCUT2D eigenvalue weighted by Crippen LogP contribution is 2.36. The summed E-state index contributed by atoms with van der Waals surface area (Å²) in [6, 6.07) is 20.1. The molecule has 0 bridgehead atoms. The zero-order valence-electron chi connectivity index (χ0n) is 13.5. The van der Waals surface area contributed by atoms with Gasteiger partial charge in [-0.05, 0) is 71.1 Å². The van der Waals surface area contributed by atoms with E-state index >= 15 is 0 Å². The third kappa shape index (κ3) is 3.95. The second-order valence-corrected chi connectivity index (χ2v) is 8.36. The molecule has 2 heterocycles. The molecule has 3 nitrogen and oxygen atoms in total. The van der Waals surface area contributed by atoms with Gasteiger partial charge in [-0.25, -0.2) is 4.68 Å². The monoisotopic (exact) mass is 489 g/mol. The molecule has 0 atom stereocenters. The molecule has 0 aliphatic carbocycles. The van der Waals surface area contributed by atoms with Crippen LogP contribution in [0.15, 0.2) is 89.0 Å². The molecule has 6 heteroatoms. The van der Waals surface area contributed by atoms with Crippen LogP contribution < -0.4 is 0 Å². The first-order valence-corrected chi connectivity index (χ1v) is 10.2. The summed E-state index contributed by atoms with van der Waals surface area (Å²) in [4.78, 5) is 6.39. The van der Waals surface area contributed by atoms with Crippen LogP contribution in [0.3, 0.4) is 0 Å². The summed E-state index contributed by atoms with van der Waals surface area (Å²) in [5, 5.41) is 5.56. The molecule has 2 aromatic heterocycles. The molecule has 0 fully saturated rings. The lowest BCUT2D eigenvalue weighted by Crippen LogP contribution is -1.95. The Balaban J connectivity index is 1.78. The van der Waals surface area contributed by atoms with E-state index in [1.54, 1.807) is 24.2 Å². The standard InChI is InChI=1S/C20H13ClIN3S/c21-15-5-9-18(10-6-15)26-19-13-25(17-2-1-11-23-12-17)24-20(19)14-3-7-16(22)8-4-14/h1-13H. The fourth-order valence-corrected chi connectivity index (χ4v) is 3.91. The fraction of sp³-hybridized carbons (Fsp3) is 0. The molecule has 0 amide bonds. The van der Waals surface area contributed by atoms with Crippen molar-refractivity contribution in [1.82, 2.24) is 14.8 Å². The van der Waals surface area contributed by atoms with Crippen molar-refractivity contribution in [2.24, 2.45) is 0 Å². The van der Waals surface area contributed by atoms with E-state index in [4.69, 9.17) is 16.7 Å². The van der Waals surface area contributed by atoms with Crippen LogP contribution in [-0.4, -0.2) is 14.8 Å². The van der Waals surface area contributed by atoms with Crippen LogP contribution in [0.5, 0.6) is 0 Å². The van der Waals surface area contributed by atoms with Crippen LogP contribution in [-0.2, 0) is 0 Å². The molecule has 0 saturated heterocycles. The van der Waals surface area contributed by atoms with Crippen molar-refractivity contribution in [2.45, 2.75) is 9.79 Å². The Morgan fingerprint density at radius 1 is 0.962 bits per heavy atom. The van der Waals surface area contributed by atoms with Crippen molar-refractivity contribution in [1.29, 1.82) is 0 Å². The number of hydrogen-bond acceptors (Lipinski definition) is 3. The summed E-state index contributed by atoms with van der Waals surface area (Å²) < 4.78 is 3.07.